The molecule has 0 radical (unpaired) electrons. The minimum Gasteiger partial charge on any atom is -0.465 e. The van der Waals surface area contributed by atoms with Crippen LogP contribution in [0.1, 0.15) is 51.2 Å². The van der Waals surface area contributed by atoms with E-state index < -0.39 is 17.4 Å². The quantitative estimate of drug-likeness (QED) is 0.725. The Morgan fingerprint density at radius 1 is 1.00 bits per heavy atom. The van der Waals surface area contributed by atoms with E-state index in [9.17, 15) is 14.4 Å². The second-order valence-corrected chi connectivity index (χ2v) is 8.28. The van der Waals surface area contributed by atoms with Gasteiger partial charge in [-0.15, -0.1) is 0 Å². The molecule has 2 aromatic carbocycles. The normalized spacial score (nSPS) is 13.9. The van der Waals surface area contributed by atoms with Crippen LogP contribution < -0.4 is 5.32 Å². The molecular formula is C24H27NO4. The number of ketones is 1. The van der Waals surface area contributed by atoms with Gasteiger partial charge in [0.2, 0.25) is 5.91 Å². The number of amides is 1. The van der Waals surface area contributed by atoms with Crippen molar-refractivity contribution in [1.29, 1.82) is 0 Å². The Morgan fingerprint density at radius 3 is 2.03 bits per heavy atom. The molecule has 2 aromatic rings. The van der Waals surface area contributed by atoms with E-state index in [-0.39, 0.29) is 30.6 Å². The van der Waals surface area contributed by atoms with Crippen molar-refractivity contribution in [3.63, 3.8) is 0 Å². The summed E-state index contributed by atoms with van der Waals surface area (Å²) in [5.41, 5.74) is 3.67. The first-order chi connectivity index (χ1) is 13.7. The highest BCUT2D eigenvalue weighted by Crippen LogP contribution is 2.44. The molecule has 0 aliphatic heterocycles. The Balaban J connectivity index is 1.65. The number of hydrogen-bond donors (Lipinski definition) is 1. The number of Topliss-reactive ketones (excluding diaryl/α,β-unsaturated/α-hetero) is 1. The van der Waals surface area contributed by atoms with Crippen LogP contribution in [0.15, 0.2) is 48.5 Å². The lowest BCUT2D eigenvalue weighted by molar-refractivity contribution is -0.149. The maximum absolute atomic E-state index is 12.5. The minimum absolute atomic E-state index is 0.0129. The number of rotatable bonds is 7. The van der Waals surface area contributed by atoms with Crippen molar-refractivity contribution >= 4 is 17.7 Å². The summed E-state index contributed by atoms with van der Waals surface area (Å²) in [5, 5.41) is 2.65. The van der Waals surface area contributed by atoms with Gasteiger partial charge in [-0.25, -0.2) is 0 Å². The molecule has 152 valence electrons. The summed E-state index contributed by atoms with van der Waals surface area (Å²) >= 11 is 0. The molecule has 1 aliphatic rings. The van der Waals surface area contributed by atoms with E-state index in [0.29, 0.717) is 0 Å². The van der Waals surface area contributed by atoms with E-state index in [1.165, 1.54) is 18.1 Å². The predicted octanol–water partition coefficient (Wildman–Crippen LogP) is 3.85. The summed E-state index contributed by atoms with van der Waals surface area (Å²) < 4.78 is 5.59. The summed E-state index contributed by atoms with van der Waals surface area (Å²) in [7, 11) is 0. The van der Waals surface area contributed by atoms with Crippen molar-refractivity contribution in [1.82, 2.24) is 5.32 Å². The first-order valence-corrected chi connectivity index (χ1v) is 9.86. The van der Waals surface area contributed by atoms with Gasteiger partial charge in [0.05, 0.1) is 17.9 Å². The number of fused-ring (bicyclic) bond motifs is 3. The molecule has 0 saturated heterocycles. The van der Waals surface area contributed by atoms with Gasteiger partial charge in [0, 0.05) is 5.92 Å². The Hall–Kier alpha value is -2.95. The third-order valence-electron chi connectivity index (χ3n) is 5.53. The molecule has 0 fully saturated rings. The lowest BCUT2D eigenvalue weighted by atomic mass is 9.88. The van der Waals surface area contributed by atoms with Crippen LogP contribution in [0.4, 0.5) is 0 Å². The number of hydrogen-bond acceptors (Lipinski definition) is 4. The topological polar surface area (TPSA) is 72.5 Å². The van der Waals surface area contributed by atoms with Crippen LogP contribution in [0.5, 0.6) is 0 Å². The van der Waals surface area contributed by atoms with E-state index in [1.54, 1.807) is 20.8 Å². The third kappa shape index (κ3) is 4.39. The molecule has 3 rings (SSSR count). The number of benzene rings is 2. The van der Waals surface area contributed by atoms with E-state index in [4.69, 9.17) is 4.74 Å². The van der Waals surface area contributed by atoms with Crippen LogP contribution in [-0.2, 0) is 19.1 Å². The maximum Gasteiger partial charge on any atom is 0.306 e. The fourth-order valence-corrected chi connectivity index (χ4v) is 3.60. The first kappa shape index (κ1) is 20.8. The Bertz CT molecular complexity index is 902. The van der Waals surface area contributed by atoms with Gasteiger partial charge in [-0.3, -0.25) is 14.4 Å². The number of ether oxygens (including phenoxy) is 1. The van der Waals surface area contributed by atoms with Crippen LogP contribution in [0, 0.1) is 5.41 Å². The van der Waals surface area contributed by atoms with Crippen molar-refractivity contribution in [3.8, 4) is 11.1 Å². The number of carbonyl (C=O) groups is 3. The lowest BCUT2D eigenvalue weighted by Gasteiger charge is -2.24. The van der Waals surface area contributed by atoms with Crippen LogP contribution in [0.2, 0.25) is 0 Å². The molecular weight excluding hydrogens is 366 g/mol. The third-order valence-corrected chi connectivity index (χ3v) is 5.53. The largest absolute Gasteiger partial charge is 0.465 e. The SMILES string of the molecule is CC(=O)[C@H](C)NC(=O)C(C)(C)CC(=O)OCC1c2ccccc2-c2ccccc21. The molecule has 5 nitrogen and oxygen atoms in total. The second-order valence-electron chi connectivity index (χ2n) is 8.28. The molecule has 1 aliphatic carbocycles. The number of carbonyl (C=O) groups excluding carboxylic acids is 3. The predicted molar refractivity (Wildman–Crippen MR) is 111 cm³/mol. The molecule has 1 N–H and O–H groups in total. The summed E-state index contributed by atoms with van der Waals surface area (Å²) in [5.74, 6) is -0.910. The average molecular weight is 393 g/mol. The molecule has 0 spiro atoms. The first-order valence-electron chi connectivity index (χ1n) is 9.86. The molecule has 0 aromatic heterocycles. The molecule has 0 saturated carbocycles. The second kappa shape index (κ2) is 8.19. The van der Waals surface area contributed by atoms with Crippen molar-refractivity contribution in [2.45, 2.75) is 46.1 Å². The zero-order valence-corrected chi connectivity index (χ0v) is 17.3. The number of esters is 1. The van der Waals surface area contributed by atoms with Crippen LogP contribution in [0.25, 0.3) is 11.1 Å². The monoisotopic (exact) mass is 393 g/mol. The van der Waals surface area contributed by atoms with Crippen LogP contribution in [0.3, 0.4) is 0 Å². The molecule has 0 bridgehead atoms. The molecule has 0 heterocycles. The number of nitrogens with one attached hydrogen (secondary N) is 1. The Morgan fingerprint density at radius 2 is 1.52 bits per heavy atom. The fraction of sp³-hybridized carbons (Fsp3) is 0.375. The van der Waals surface area contributed by atoms with E-state index in [1.807, 2.05) is 24.3 Å². The zero-order valence-electron chi connectivity index (χ0n) is 17.3. The van der Waals surface area contributed by atoms with Gasteiger partial charge >= 0.3 is 5.97 Å². The van der Waals surface area contributed by atoms with Crippen molar-refractivity contribution in [3.05, 3.63) is 59.7 Å². The molecule has 1 amide bonds. The van der Waals surface area contributed by atoms with Gasteiger partial charge in [0.25, 0.3) is 0 Å². The van der Waals surface area contributed by atoms with Crippen molar-refractivity contribution in [2.75, 3.05) is 6.61 Å². The summed E-state index contributed by atoms with van der Waals surface area (Å²) in [6, 6.07) is 15.7. The van der Waals surface area contributed by atoms with Gasteiger partial charge in [-0.2, -0.15) is 0 Å². The van der Waals surface area contributed by atoms with Gasteiger partial charge in [0.15, 0.2) is 5.78 Å². The van der Waals surface area contributed by atoms with E-state index >= 15 is 0 Å². The zero-order chi connectivity index (χ0) is 21.2. The smallest absolute Gasteiger partial charge is 0.306 e. The molecule has 5 heteroatoms. The fourth-order valence-electron chi connectivity index (χ4n) is 3.60. The molecule has 1 atom stereocenters. The molecule has 29 heavy (non-hydrogen) atoms. The standard InChI is InChI=1S/C24H27NO4/c1-15(16(2)26)25-23(28)24(3,4)13-22(27)29-14-21-19-11-7-5-9-17(19)18-10-6-8-12-20(18)21/h5-12,15,21H,13-14H2,1-4H3,(H,25,28)/t15-/m0/s1. The maximum atomic E-state index is 12.5. The highest BCUT2D eigenvalue weighted by molar-refractivity contribution is 5.91. The van der Waals surface area contributed by atoms with Gasteiger partial charge < -0.3 is 10.1 Å². The van der Waals surface area contributed by atoms with Crippen molar-refractivity contribution < 1.29 is 19.1 Å². The highest BCUT2D eigenvalue weighted by Gasteiger charge is 2.34. The minimum atomic E-state index is -0.966. The summed E-state index contributed by atoms with van der Waals surface area (Å²) in [4.78, 5) is 36.3. The lowest BCUT2D eigenvalue weighted by Crippen LogP contribution is -2.45. The summed E-state index contributed by atoms with van der Waals surface area (Å²) in [6.45, 7) is 6.63. The average Bonchev–Trinajstić information content (AvgIpc) is 2.99. The van der Waals surface area contributed by atoms with E-state index in [0.717, 1.165) is 11.1 Å². The Labute approximate surface area is 171 Å². The van der Waals surface area contributed by atoms with Crippen LogP contribution >= 0.6 is 0 Å². The van der Waals surface area contributed by atoms with Crippen molar-refractivity contribution in [2.24, 2.45) is 5.41 Å². The van der Waals surface area contributed by atoms with Gasteiger partial charge in [-0.05, 0) is 36.1 Å². The highest BCUT2D eigenvalue weighted by atomic mass is 16.5. The molecule has 0 unspecified atom stereocenters. The Kier molecular flexibility index (Phi) is 5.87. The van der Waals surface area contributed by atoms with Gasteiger partial charge in [0.1, 0.15) is 6.61 Å². The van der Waals surface area contributed by atoms with Gasteiger partial charge in [-0.1, -0.05) is 62.4 Å². The van der Waals surface area contributed by atoms with E-state index in [2.05, 4.69) is 29.6 Å². The van der Waals surface area contributed by atoms with Crippen LogP contribution in [-0.4, -0.2) is 30.3 Å². The summed E-state index contributed by atoms with van der Waals surface area (Å²) in [6.07, 6.45) is -0.0561.